The third kappa shape index (κ3) is 4.11. The highest BCUT2D eigenvalue weighted by molar-refractivity contribution is 6.21. The van der Waals surface area contributed by atoms with E-state index in [0.29, 0.717) is 16.9 Å². The summed E-state index contributed by atoms with van der Waals surface area (Å²) in [6.45, 7) is 3.40. The van der Waals surface area contributed by atoms with Gasteiger partial charge in [-0.2, -0.15) is 0 Å². The average molecular weight is 281 g/mol. The van der Waals surface area contributed by atoms with E-state index in [1.54, 1.807) is 32.1 Å². The van der Waals surface area contributed by atoms with E-state index < -0.39 is 5.97 Å². The first kappa shape index (κ1) is 14.7. The molecule has 21 heavy (non-hydrogen) atoms. The Labute approximate surface area is 123 Å². The zero-order valence-corrected chi connectivity index (χ0v) is 11.9. The van der Waals surface area contributed by atoms with Gasteiger partial charge in [0.25, 0.3) is 0 Å². The summed E-state index contributed by atoms with van der Waals surface area (Å²) >= 11 is 0. The summed E-state index contributed by atoms with van der Waals surface area (Å²) in [4.78, 5) is 27.9. The summed E-state index contributed by atoms with van der Waals surface area (Å²) in [5.41, 5.74) is 2.50. The first-order chi connectivity index (χ1) is 10.1. The minimum atomic E-state index is -0.569. The quantitative estimate of drug-likeness (QED) is 0.370. The third-order valence-electron chi connectivity index (χ3n) is 2.90. The summed E-state index contributed by atoms with van der Waals surface area (Å²) < 4.78 is 0. The Hall–Kier alpha value is -2.75. The van der Waals surface area contributed by atoms with Crippen LogP contribution in [0, 0.1) is 0 Å². The summed E-state index contributed by atoms with van der Waals surface area (Å²) in [6.07, 6.45) is 6.13. The largest absolute Gasteiger partial charge is 0.358 e. The van der Waals surface area contributed by atoms with Gasteiger partial charge in [0.2, 0.25) is 0 Å². The van der Waals surface area contributed by atoms with Crippen molar-refractivity contribution < 1.29 is 14.4 Å². The second-order valence-corrected chi connectivity index (χ2v) is 4.65. The minimum Gasteiger partial charge on any atom is -0.313 e. The molecule has 0 heterocycles. The van der Waals surface area contributed by atoms with E-state index in [2.05, 4.69) is 5.16 Å². The summed E-state index contributed by atoms with van der Waals surface area (Å²) in [7, 11) is 0. The van der Waals surface area contributed by atoms with E-state index in [-0.39, 0.29) is 5.78 Å². The first-order valence-electron chi connectivity index (χ1n) is 6.49. The topological polar surface area (TPSA) is 55.7 Å². The number of hydrogen-bond acceptors (Lipinski definition) is 4. The first-order valence-corrected chi connectivity index (χ1v) is 6.49. The van der Waals surface area contributed by atoms with E-state index in [9.17, 15) is 9.59 Å². The Balaban J connectivity index is 2.00. The van der Waals surface area contributed by atoms with Crippen LogP contribution >= 0.6 is 0 Å². The maximum absolute atomic E-state index is 11.6. The van der Waals surface area contributed by atoms with Crippen LogP contribution in [0.2, 0.25) is 0 Å². The van der Waals surface area contributed by atoms with Crippen LogP contribution in [0.4, 0.5) is 0 Å². The number of hydrogen-bond donors (Lipinski definition) is 0. The lowest BCUT2D eigenvalue weighted by Gasteiger charge is -2.07. The van der Waals surface area contributed by atoms with Crippen LogP contribution in [-0.2, 0) is 14.4 Å². The number of ketones is 1. The average Bonchev–Trinajstić information content (AvgIpc) is 2.49. The molecule has 0 fully saturated rings. The molecule has 4 heteroatoms. The number of carbonyl (C=O) groups is 2. The van der Waals surface area contributed by atoms with Gasteiger partial charge in [-0.15, -0.1) is 0 Å². The molecule has 1 aromatic carbocycles. The van der Waals surface area contributed by atoms with Crippen molar-refractivity contribution in [2.45, 2.75) is 13.8 Å². The lowest BCUT2D eigenvalue weighted by atomic mass is 9.98. The van der Waals surface area contributed by atoms with Gasteiger partial charge in [-0.1, -0.05) is 35.5 Å². The monoisotopic (exact) mass is 281 g/mol. The van der Waals surface area contributed by atoms with Crippen LogP contribution in [0.1, 0.15) is 19.4 Å². The van der Waals surface area contributed by atoms with Crippen molar-refractivity contribution in [3.63, 3.8) is 0 Å². The number of allylic oxidation sites excluding steroid dienone is 4. The molecule has 1 aromatic rings. The molecular weight excluding hydrogens is 266 g/mol. The van der Waals surface area contributed by atoms with Gasteiger partial charge in [0.15, 0.2) is 5.78 Å². The van der Waals surface area contributed by atoms with Gasteiger partial charge in [0.1, 0.15) is 5.71 Å². The molecular formula is C17H15NO3. The molecule has 106 valence electrons. The predicted molar refractivity (Wildman–Crippen MR) is 81.5 cm³/mol. The molecule has 0 aliphatic heterocycles. The Morgan fingerprint density at radius 1 is 1.10 bits per heavy atom. The van der Waals surface area contributed by atoms with Crippen LogP contribution in [0.5, 0.6) is 0 Å². The van der Waals surface area contributed by atoms with Gasteiger partial charge in [0.05, 0.1) is 0 Å². The Kier molecular flexibility index (Phi) is 4.61. The van der Waals surface area contributed by atoms with Crippen LogP contribution in [0.25, 0.3) is 6.08 Å². The maximum Gasteiger partial charge on any atom is 0.358 e. The molecule has 0 saturated carbocycles. The fourth-order valence-corrected chi connectivity index (χ4v) is 1.84. The Morgan fingerprint density at radius 3 is 2.33 bits per heavy atom. The van der Waals surface area contributed by atoms with Gasteiger partial charge in [-0.25, -0.2) is 4.79 Å². The van der Waals surface area contributed by atoms with Crippen LogP contribution in [0.15, 0.2) is 64.9 Å². The molecule has 1 aliphatic carbocycles. The van der Waals surface area contributed by atoms with Gasteiger partial charge in [-0.05, 0) is 48.8 Å². The van der Waals surface area contributed by atoms with E-state index in [1.165, 1.54) is 6.08 Å². The van der Waals surface area contributed by atoms with Crippen molar-refractivity contribution >= 4 is 23.5 Å². The molecule has 0 spiro atoms. The second-order valence-electron chi connectivity index (χ2n) is 4.65. The fraction of sp³-hybridized carbons (Fsp3) is 0.118. The normalized spacial score (nSPS) is 14.8. The molecule has 0 unspecified atom stereocenters. The highest BCUT2D eigenvalue weighted by atomic mass is 16.7. The molecule has 0 N–H and O–H groups in total. The van der Waals surface area contributed by atoms with Crippen LogP contribution in [0.3, 0.4) is 0 Å². The maximum atomic E-state index is 11.6. The van der Waals surface area contributed by atoms with E-state index in [1.807, 2.05) is 30.3 Å². The van der Waals surface area contributed by atoms with E-state index in [0.717, 1.165) is 5.56 Å². The number of Topliss-reactive ketones (excluding diaryl/α,β-unsaturated/α-hetero) is 1. The van der Waals surface area contributed by atoms with Gasteiger partial charge >= 0.3 is 5.97 Å². The molecule has 0 amide bonds. The Morgan fingerprint density at radius 2 is 1.71 bits per heavy atom. The van der Waals surface area contributed by atoms with E-state index in [4.69, 9.17) is 4.84 Å². The summed E-state index contributed by atoms with van der Waals surface area (Å²) in [5.74, 6) is -0.593. The minimum absolute atomic E-state index is 0.0238. The van der Waals surface area contributed by atoms with Crippen molar-refractivity contribution in [3.8, 4) is 0 Å². The molecule has 0 bridgehead atoms. The lowest BCUT2D eigenvalue weighted by molar-refractivity contribution is -0.137. The summed E-state index contributed by atoms with van der Waals surface area (Å²) in [5, 5.41) is 3.74. The Bertz CT molecular complexity index is 655. The van der Waals surface area contributed by atoms with Crippen molar-refractivity contribution in [1.82, 2.24) is 0 Å². The molecule has 1 aliphatic rings. The molecule has 0 saturated heterocycles. The standard InChI is InChI=1S/C17H15NO3/c1-12-10-15(11-13(2)17(12)20)18-21-16(19)9-8-14-6-4-3-5-7-14/h3-11H,1-2H3. The third-order valence-corrected chi connectivity index (χ3v) is 2.90. The van der Waals surface area contributed by atoms with Crippen LogP contribution in [-0.4, -0.2) is 17.5 Å². The number of nitrogens with zero attached hydrogens (tertiary/aromatic N) is 1. The van der Waals surface area contributed by atoms with Crippen molar-refractivity contribution in [1.29, 1.82) is 0 Å². The molecule has 2 rings (SSSR count). The molecule has 0 radical (unpaired) electrons. The lowest BCUT2D eigenvalue weighted by Crippen LogP contribution is -2.11. The SMILES string of the molecule is CC1=CC(=NOC(=O)C=Cc2ccccc2)C=C(C)C1=O. The number of rotatable bonds is 3. The smallest absolute Gasteiger partial charge is 0.313 e. The zero-order chi connectivity index (χ0) is 15.2. The highest BCUT2D eigenvalue weighted by Gasteiger charge is 2.14. The van der Waals surface area contributed by atoms with Gasteiger partial charge < -0.3 is 4.84 Å². The molecule has 4 nitrogen and oxygen atoms in total. The van der Waals surface area contributed by atoms with Crippen LogP contribution < -0.4 is 0 Å². The van der Waals surface area contributed by atoms with Gasteiger partial charge in [0, 0.05) is 6.08 Å². The number of oxime groups is 1. The number of benzene rings is 1. The number of carbonyl (C=O) groups excluding carboxylic acids is 2. The van der Waals surface area contributed by atoms with E-state index >= 15 is 0 Å². The highest BCUT2D eigenvalue weighted by Crippen LogP contribution is 2.12. The van der Waals surface area contributed by atoms with Gasteiger partial charge in [-0.3, -0.25) is 4.79 Å². The summed E-state index contributed by atoms with van der Waals surface area (Å²) in [6, 6.07) is 9.41. The van der Waals surface area contributed by atoms with Crippen molar-refractivity contribution in [3.05, 3.63) is 65.3 Å². The molecule has 0 atom stereocenters. The van der Waals surface area contributed by atoms with Crippen molar-refractivity contribution in [2.75, 3.05) is 0 Å². The second kappa shape index (κ2) is 6.61. The predicted octanol–water partition coefficient (Wildman–Crippen LogP) is 3.07. The van der Waals surface area contributed by atoms with Crippen molar-refractivity contribution in [2.24, 2.45) is 5.16 Å². The zero-order valence-electron chi connectivity index (χ0n) is 11.9. The fourth-order valence-electron chi connectivity index (χ4n) is 1.84. The molecule has 0 aromatic heterocycles.